The summed E-state index contributed by atoms with van der Waals surface area (Å²) in [4.78, 5) is 16.0. The number of rotatable bonds is 5. The van der Waals surface area contributed by atoms with Crippen molar-refractivity contribution in [3.63, 3.8) is 0 Å². The Bertz CT molecular complexity index is 381. The molecule has 0 bridgehead atoms. The van der Waals surface area contributed by atoms with Crippen LogP contribution in [0.4, 0.5) is 0 Å². The molecule has 0 aromatic carbocycles. The highest BCUT2D eigenvalue weighted by Crippen LogP contribution is 2.17. The van der Waals surface area contributed by atoms with Gasteiger partial charge in [0.2, 0.25) is 5.91 Å². The minimum Gasteiger partial charge on any atom is -0.347 e. The van der Waals surface area contributed by atoms with E-state index in [-0.39, 0.29) is 17.5 Å². The number of nitrogens with zero attached hydrogens (tertiary/aromatic N) is 1. The lowest BCUT2D eigenvalue weighted by atomic mass is 10.00. The van der Waals surface area contributed by atoms with Crippen molar-refractivity contribution in [1.29, 1.82) is 0 Å². The third kappa shape index (κ3) is 5.28. The number of carbonyl (C=O) groups is 1. The molecule has 0 saturated carbocycles. The van der Waals surface area contributed by atoms with Crippen molar-refractivity contribution in [2.75, 3.05) is 0 Å². The van der Waals surface area contributed by atoms with E-state index in [4.69, 9.17) is 5.73 Å². The number of nitrogens with two attached hydrogens (primary N) is 1. The summed E-state index contributed by atoms with van der Waals surface area (Å²) in [7, 11) is 0. The Morgan fingerprint density at radius 2 is 2.29 bits per heavy atom. The molecule has 0 radical (unpaired) electrons. The fourth-order valence-corrected chi connectivity index (χ4v) is 2.19. The first kappa shape index (κ1) is 14.1. The number of hydrogen-bond acceptors (Lipinski definition) is 4. The predicted molar refractivity (Wildman–Crippen MR) is 70.9 cm³/mol. The maximum atomic E-state index is 11.7. The van der Waals surface area contributed by atoms with Crippen LogP contribution >= 0.6 is 11.3 Å². The van der Waals surface area contributed by atoms with Gasteiger partial charge in [-0.05, 0) is 34.1 Å². The number of carbonyl (C=O) groups excluding carboxylic acids is 1. The van der Waals surface area contributed by atoms with Crippen LogP contribution in [0.3, 0.4) is 0 Å². The Kier molecular flexibility index (Phi) is 4.65. The molecule has 3 N–H and O–H groups in total. The first-order valence-electron chi connectivity index (χ1n) is 5.78. The standard InChI is InChI=1S/C12H21N3OS/c1-8-7-17-11(14-8)9(2)15-10(16)5-6-12(3,4)13/h7,9H,5-6,13H2,1-4H3,(H,15,16). The Balaban J connectivity index is 2.41. The van der Waals surface area contributed by atoms with Crippen LogP contribution in [0.25, 0.3) is 0 Å². The molecule has 96 valence electrons. The van der Waals surface area contributed by atoms with E-state index in [2.05, 4.69) is 10.3 Å². The average molecular weight is 255 g/mol. The molecule has 1 rings (SSSR count). The molecule has 0 saturated heterocycles. The number of thiazole rings is 1. The fraction of sp³-hybridized carbons (Fsp3) is 0.667. The second-order valence-electron chi connectivity index (χ2n) is 5.10. The zero-order valence-electron chi connectivity index (χ0n) is 10.9. The molecule has 1 unspecified atom stereocenters. The minimum atomic E-state index is -0.293. The zero-order chi connectivity index (χ0) is 13.1. The van der Waals surface area contributed by atoms with Crippen LogP contribution in [0.2, 0.25) is 0 Å². The topological polar surface area (TPSA) is 68.0 Å². The third-order valence-corrected chi connectivity index (χ3v) is 3.53. The molecule has 0 spiro atoms. The first-order valence-corrected chi connectivity index (χ1v) is 6.66. The summed E-state index contributed by atoms with van der Waals surface area (Å²) in [5, 5.41) is 5.87. The highest BCUT2D eigenvalue weighted by molar-refractivity contribution is 7.09. The third-order valence-electron chi connectivity index (χ3n) is 2.38. The fourth-order valence-electron chi connectivity index (χ4n) is 1.38. The van der Waals surface area contributed by atoms with E-state index in [1.165, 1.54) is 0 Å². The van der Waals surface area contributed by atoms with E-state index in [9.17, 15) is 4.79 Å². The van der Waals surface area contributed by atoms with Gasteiger partial charge in [-0.15, -0.1) is 11.3 Å². The molecule has 0 aliphatic carbocycles. The van der Waals surface area contributed by atoms with Crippen molar-refractivity contribution >= 4 is 17.2 Å². The van der Waals surface area contributed by atoms with Gasteiger partial charge in [0.25, 0.3) is 0 Å². The Morgan fingerprint density at radius 3 is 2.76 bits per heavy atom. The zero-order valence-corrected chi connectivity index (χ0v) is 11.7. The molecule has 17 heavy (non-hydrogen) atoms. The Labute approximate surface area is 107 Å². The van der Waals surface area contributed by atoms with Gasteiger partial charge < -0.3 is 11.1 Å². The van der Waals surface area contributed by atoms with E-state index in [0.29, 0.717) is 12.8 Å². The average Bonchev–Trinajstić information content (AvgIpc) is 2.61. The summed E-state index contributed by atoms with van der Waals surface area (Å²) in [6.07, 6.45) is 1.14. The van der Waals surface area contributed by atoms with Crippen LogP contribution in [0.5, 0.6) is 0 Å². The monoisotopic (exact) mass is 255 g/mol. The maximum absolute atomic E-state index is 11.7. The van der Waals surface area contributed by atoms with Gasteiger partial charge in [-0.25, -0.2) is 4.98 Å². The maximum Gasteiger partial charge on any atom is 0.220 e. The van der Waals surface area contributed by atoms with Crippen LogP contribution in [0, 0.1) is 6.92 Å². The quantitative estimate of drug-likeness (QED) is 0.847. The summed E-state index contributed by atoms with van der Waals surface area (Å²) in [5.41, 5.74) is 6.54. The normalized spacial score (nSPS) is 13.5. The molecule has 1 amide bonds. The van der Waals surface area contributed by atoms with Gasteiger partial charge in [0.15, 0.2) is 0 Å². The van der Waals surface area contributed by atoms with Crippen molar-refractivity contribution in [3.05, 3.63) is 16.1 Å². The smallest absolute Gasteiger partial charge is 0.220 e. The largest absolute Gasteiger partial charge is 0.347 e. The van der Waals surface area contributed by atoms with Crippen molar-refractivity contribution in [2.24, 2.45) is 5.73 Å². The number of nitrogens with one attached hydrogen (secondary N) is 1. The summed E-state index contributed by atoms with van der Waals surface area (Å²) in [6, 6.07) is -0.0258. The van der Waals surface area contributed by atoms with Crippen LogP contribution < -0.4 is 11.1 Å². The summed E-state index contributed by atoms with van der Waals surface area (Å²) >= 11 is 1.57. The van der Waals surface area contributed by atoms with Gasteiger partial charge in [0.1, 0.15) is 5.01 Å². The van der Waals surface area contributed by atoms with E-state index < -0.39 is 0 Å². The van der Waals surface area contributed by atoms with Crippen LogP contribution in [0.15, 0.2) is 5.38 Å². The SMILES string of the molecule is Cc1csc(C(C)NC(=O)CCC(C)(C)N)n1. The molecule has 1 heterocycles. The molecule has 1 aromatic rings. The second-order valence-corrected chi connectivity index (χ2v) is 5.99. The predicted octanol–water partition coefficient (Wildman–Crippen LogP) is 2.15. The number of hydrogen-bond donors (Lipinski definition) is 2. The lowest BCUT2D eigenvalue weighted by molar-refractivity contribution is -0.122. The molecule has 0 fully saturated rings. The van der Waals surface area contributed by atoms with Crippen molar-refractivity contribution in [3.8, 4) is 0 Å². The Morgan fingerprint density at radius 1 is 1.65 bits per heavy atom. The number of aryl methyl sites for hydroxylation is 1. The van der Waals surface area contributed by atoms with Gasteiger partial charge >= 0.3 is 0 Å². The molecular formula is C12H21N3OS. The lowest BCUT2D eigenvalue weighted by Gasteiger charge is -2.18. The first-order chi connectivity index (χ1) is 7.78. The summed E-state index contributed by atoms with van der Waals surface area (Å²) < 4.78 is 0. The molecule has 1 aromatic heterocycles. The van der Waals surface area contributed by atoms with Crippen LogP contribution in [-0.4, -0.2) is 16.4 Å². The van der Waals surface area contributed by atoms with E-state index in [1.54, 1.807) is 11.3 Å². The van der Waals surface area contributed by atoms with E-state index in [1.807, 2.05) is 33.1 Å². The van der Waals surface area contributed by atoms with Gasteiger partial charge in [0.05, 0.1) is 6.04 Å². The summed E-state index contributed by atoms with van der Waals surface area (Å²) in [5.74, 6) is 0.0314. The van der Waals surface area contributed by atoms with Gasteiger partial charge in [-0.1, -0.05) is 0 Å². The highest BCUT2D eigenvalue weighted by atomic mass is 32.1. The molecule has 0 aliphatic rings. The van der Waals surface area contributed by atoms with Gasteiger partial charge in [-0.3, -0.25) is 4.79 Å². The summed E-state index contributed by atoms with van der Waals surface area (Å²) in [6.45, 7) is 7.75. The minimum absolute atomic E-state index is 0.0258. The highest BCUT2D eigenvalue weighted by Gasteiger charge is 2.16. The Hall–Kier alpha value is -0.940. The molecule has 4 nitrogen and oxygen atoms in total. The lowest BCUT2D eigenvalue weighted by Crippen LogP contribution is -2.35. The number of amides is 1. The number of aromatic nitrogens is 1. The van der Waals surface area contributed by atoms with Crippen molar-refractivity contribution in [1.82, 2.24) is 10.3 Å². The molecular weight excluding hydrogens is 234 g/mol. The molecule has 5 heteroatoms. The van der Waals surface area contributed by atoms with Crippen molar-refractivity contribution in [2.45, 2.75) is 52.1 Å². The van der Waals surface area contributed by atoms with E-state index >= 15 is 0 Å². The second kappa shape index (κ2) is 5.60. The molecule has 0 aliphatic heterocycles. The van der Waals surface area contributed by atoms with Crippen molar-refractivity contribution < 1.29 is 4.79 Å². The molecule has 1 atom stereocenters. The van der Waals surface area contributed by atoms with Crippen LogP contribution in [0.1, 0.15) is 50.4 Å². The van der Waals surface area contributed by atoms with E-state index in [0.717, 1.165) is 10.7 Å². The van der Waals surface area contributed by atoms with Gasteiger partial charge in [0, 0.05) is 23.0 Å². The van der Waals surface area contributed by atoms with Crippen LogP contribution in [-0.2, 0) is 4.79 Å². The van der Waals surface area contributed by atoms with Gasteiger partial charge in [-0.2, -0.15) is 0 Å².